The zero-order valence-corrected chi connectivity index (χ0v) is 15.6. The van der Waals surface area contributed by atoms with Crippen LogP contribution < -0.4 is 20.7 Å². The van der Waals surface area contributed by atoms with Gasteiger partial charge in [-0.3, -0.25) is 4.72 Å². The molecule has 0 amide bonds. The minimum Gasteiger partial charge on any atom is -0.397 e. The number of halogens is 1. The topological polar surface area (TPSA) is 87.5 Å². The maximum absolute atomic E-state index is 12.5. The van der Waals surface area contributed by atoms with E-state index >= 15 is 0 Å². The lowest BCUT2D eigenvalue weighted by Crippen LogP contribution is -2.49. The van der Waals surface area contributed by atoms with Crippen LogP contribution in [0, 0.1) is 0 Å². The van der Waals surface area contributed by atoms with Gasteiger partial charge in [-0.05, 0) is 37.3 Å². The molecule has 6 nitrogen and oxygen atoms in total. The molecule has 3 rings (SSSR count). The van der Waals surface area contributed by atoms with Crippen molar-refractivity contribution in [1.82, 2.24) is 5.32 Å². The number of nitrogens with two attached hydrogens (primary N) is 1. The van der Waals surface area contributed by atoms with Crippen LogP contribution in [-0.4, -0.2) is 34.1 Å². The third-order valence-electron chi connectivity index (χ3n) is 4.04. The molecule has 1 aliphatic heterocycles. The first-order valence-corrected chi connectivity index (χ1v) is 9.40. The highest BCUT2D eigenvalue weighted by molar-refractivity contribution is 7.92. The lowest BCUT2D eigenvalue weighted by atomic mass is 10.2. The van der Waals surface area contributed by atoms with Crippen LogP contribution in [0.4, 0.5) is 17.1 Å². The van der Waals surface area contributed by atoms with Crippen molar-refractivity contribution in [3.8, 4) is 0 Å². The molecule has 2 aromatic rings. The van der Waals surface area contributed by atoms with Crippen molar-refractivity contribution < 1.29 is 8.42 Å². The molecule has 1 unspecified atom stereocenters. The third-order valence-corrected chi connectivity index (χ3v) is 5.42. The van der Waals surface area contributed by atoms with Crippen molar-refractivity contribution in [2.45, 2.75) is 17.9 Å². The second kappa shape index (κ2) is 7.95. The van der Waals surface area contributed by atoms with Gasteiger partial charge in [0.2, 0.25) is 0 Å². The summed E-state index contributed by atoms with van der Waals surface area (Å²) in [6.07, 6.45) is 0. The summed E-state index contributed by atoms with van der Waals surface area (Å²) >= 11 is 0. The standard InChI is InChI=1S/C17H22N4O2S.ClH/c1-13-12-21(10-9-19-13)17-8-7-15(11-16(17)18)24(22,23)20-14-5-3-2-4-6-14;/h2-8,11,13,19-20H,9-10,12,18H2,1H3;1H. The Kier molecular flexibility index (Phi) is 6.16. The van der Waals surface area contributed by atoms with E-state index in [9.17, 15) is 8.42 Å². The third kappa shape index (κ3) is 4.56. The van der Waals surface area contributed by atoms with Gasteiger partial charge in [0.05, 0.1) is 16.3 Å². The summed E-state index contributed by atoms with van der Waals surface area (Å²) in [5.74, 6) is 0. The van der Waals surface area contributed by atoms with Gasteiger partial charge in [0.15, 0.2) is 0 Å². The summed E-state index contributed by atoms with van der Waals surface area (Å²) in [4.78, 5) is 2.34. The van der Waals surface area contributed by atoms with E-state index in [0.29, 0.717) is 17.4 Å². The highest BCUT2D eigenvalue weighted by Crippen LogP contribution is 2.28. The first-order chi connectivity index (χ1) is 11.5. The molecular weight excluding hydrogens is 360 g/mol. The molecule has 0 saturated carbocycles. The van der Waals surface area contributed by atoms with E-state index in [2.05, 4.69) is 21.9 Å². The second-order valence-corrected chi connectivity index (χ2v) is 7.68. The van der Waals surface area contributed by atoms with Crippen molar-refractivity contribution in [2.75, 3.05) is 35.0 Å². The van der Waals surface area contributed by atoms with Crippen LogP contribution in [0.1, 0.15) is 6.92 Å². The van der Waals surface area contributed by atoms with Gasteiger partial charge in [0.1, 0.15) is 0 Å². The smallest absolute Gasteiger partial charge is 0.261 e. The van der Waals surface area contributed by atoms with Gasteiger partial charge >= 0.3 is 0 Å². The van der Waals surface area contributed by atoms with Gasteiger partial charge in [-0.2, -0.15) is 0 Å². The predicted octanol–water partition coefficient (Wildman–Crippen LogP) is 2.29. The molecule has 25 heavy (non-hydrogen) atoms. The van der Waals surface area contributed by atoms with E-state index < -0.39 is 10.0 Å². The maximum atomic E-state index is 12.5. The van der Waals surface area contributed by atoms with Crippen molar-refractivity contribution >= 4 is 39.5 Å². The predicted molar refractivity (Wildman–Crippen MR) is 105 cm³/mol. The minimum absolute atomic E-state index is 0. The van der Waals surface area contributed by atoms with Crippen LogP contribution in [-0.2, 0) is 10.0 Å². The Hall–Kier alpha value is -1.96. The van der Waals surface area contributed by atoms with Gasteiger partial charge in [-0.1, -0.05) is 18.2 Å². The SMILES string of the molecule is CC1CN(c2ccc(S(=O)(=O)Nc3ccccc3)cc2N)CCN1.Cl. The van der Waals surface area contributed by atoms with Crippen LogP contribution in [0.2, 0.25) is 0 Å². The van der Waals surface area contributed by atoms with Gasteiger partial charge in [0.25, 0.3) is 10.0 Å². The Morgan fingerprint density at radius 2 is 1.92 bits per heavy atom. The zero-order chi connectivity index (χ0) is 17.2. The number of sulfonamides is 1. The van der Waals surface area contributed by atoms with Crippen LogP contribution in [0.25, 0.3) is 0 Å². The normalized spacial score (nSPS) is 17.6. The molecule has 0 radical (unpaired) electrons. The van der Waals surface area contributed by atoms with Crippen molar-refractivity contribution in [2.24, 2.45) is 0 Å². The van der Waals surface area contributed by atoms with Crippen LogP contribution in [0.5, 0.6) is 0 Å². The van der Waals surface area contributed by atoms with Crippen molar-refractivity contribution in [3.63, 3.8) is 0 Å². The fourth-order valence-electron chi connectivity index (χ4n) is 2.86. The summed E-state index contributed by atoms with van der Waals surface area (Å²) < 4.78 is 27.6. The first-order valence-electron chi connectivity index (χ1n) is 7.91. The van der Waals surface area contributed by atoms with E-state index in [1.54, 1.807) is 36.4 Å². The molecule has 1 fully saturated rings. The first kappa shape index (κ1) is 19.4. The van der Waals surface area contributed by atoms with Crippen molar-refractivity contribution in [1.29, 1.82) is 0 Å². The number of benzene rings is 2. The molecule has 0 bridgehead atoms. The fourth-order valence-corrected chi connectivity index (χ4v) is 3.95. The monoisotopic (exact) mass is 382 g/mol. The number of piperazine rings is 1. The molecule has 136 valence electrons. The van der Waals surface area contributed by atoms with Crippen LogP contribution in [0.15, 0.2) is 53.4 Å². The highest BCUT2D eigenvalue weighted by Gasteiger charge is 2.20. The number of anilines is 3. The zero-order valence-electron chi connectivity index (χ0n) is 14.0. The Balaban J connectivity index is 0.00000225. The average molecular weight is 383 g/mol. The fraction of sp³-hybridized carbons (Fsp3) is 0.294. The molecule has 0 aliphatic carbocycles. The molecule has 0 aromatic heterocycles. The molecule has 2 aromatic carbocycles. The van der Waals surface area contributed by atoms with Crippen LogP contribution in [0.3, 0.4) is 0 Å². The van der Waals surface area contributed by atoms with Crippen molar-refractivity contribution in [3.05, 3.63) is 48.5 Å². The molecule has 1 saturated heterocycles. The number of rotatable bonds is 4. The largest absolute Gasteiger partial charge is 0.397 e. The number of nitrogens with one attached hydrogen (secondary N) is 2. The van der Waals surface area contributed by atoms with E-state index in [1.165, 1.54) is 6.07 Å². The minimum atomic E-state index is -3.65. The lowest BCUT2D eigenvalue weighted by molar-refractivity contribution is 0.485. The van der Waals surface area contributed by atoms with E-state index in [0.717, 1.165) is 25.3 Å². The Morgan fingerprint density at radius 3 is 2.56 bits per heavy atom. The molecule has 4 N–H and O–H groups in total. The number of para-hydroxylation sites is 1. The van der Waals surface area contributed by atoms with Gasteiger partial charge in [-0.15, -0.1) is 12.4 Å². The molecular formula is C17H23ClN4O2S. The van der Waals surface area contributed by atoms with Gasteiger partial charge in [0, 0.05) is 31.4 Å². The Morgan fingerprint density at radius 1 is 1.20 bits per heavy atom. The highest BCUT2D eigenvalue weighted by atomic mass is 35.5. The lowest BCUT2D eigenvalue weighted by Gasteiger charge is -2.34. The molecule has 1 heterocycles. The van der Waals surface area contributed by atoms with E-state index in [-0.39, 0.29) is 17.3 Å². The number of nitrogen functional groups attached to an aromatic ring is 1. The number of hydrogen-bond donors (Lipinski definition) is 3. The number of nitrogens with zero attached hydrogens (tertiary/aromatic N) is 1. The van der Waals surface area contributed by atoms with Gasteiger partial charge < -0.3 is 16.0 Å². The molecule has 8 heteroatoms. The van der Waals surface area contributed by atoms with Gasteiger partial charge in [-0.25, -0.2) is 8.42 Å². The summed E-state index contributed by atoms with van der Waals surface area (Å²) in [6.45, 7) is 4.70. The Labute approximate surface area is 154 Å². The maximum Gasteiger partial charge on any atom is 0.261 e. The average Bonchev–Trinajstić information content (AvgIpc) is 2.55. The molecule has 1 atom stereocenters. The molecule has 1 aliphatic rings. The summed E-state index contributed by atoms with van der Waals surface area (Å²) in [5, 5.41) is 3.38. The summed E-state index contributed by atoms with van der Waals surface area (Å²) in [5.41, 5.74) is 8.01. The number of hydrogen-bond acceptors (Lipinski definition) is 5. The van der Waals surface area contributed by atoms with Crippen LogP contribution >= 0.6 is 12.4 Å². The summed E-state index contributed by atoms with van der Waals surface area (Å²) in [6, 6.07) is 14.1. The summed E-state index contributed by atoms with van der Waals surface area (Å²) in [7, 11) is -3.65. The molecule has 0 spiro atoms. The Bertz CT molecular complexity index is 815. The second-order valence-electron chi connectivity index (χ2n) is 5.99. The van der Waals surface area contributed by atoms with E-state index in [4.69, 9.17) is 5.73 Å². The van der Waals surface area contributed by atoms with E-state index in [1.807, 2.05) is 6.07 Å². The quantitative estimate of drug-likeness (QED) is 0.706.